The summed E-state index contributed by atoms with van der Waals surface area (Å²) in [5.41, 5.74) is -0.248. The highest BCUT2D eigenvalue weighted by molar-refractivity contribution is 5.85. The predicted molar refractivity (Wildman–Crippen MR) is 43.3 cm³/mol. The van der Waals surface area contributed by atoms with Crippen molar-refractivity contribution in [1.29, 1.82) is 0 Å². The molecule has 0 spiro atoms. The second-order valence-electron chi connectivity index (χ2n) is 2.34. The highest BCUT2D eigenvalue weighted by Gasteiger charge is 2.06. The molecule has 12 heavy (non-hydrogen) atoms. The number of hydrogen-bond acceptors (Lipinski definition) is 2. The van der Waals surface area contributed by atoms with E-state index in [1.807, 2.05) is 6.92 Å². The van der Waals surface area contributed by atoms with Crippen molar-refractivity contribution in [3.63, 3.8) is 0 Å². The van der Waals surface area contributed by atoms with Crippen LogP contribution in [-0.2, 0) is 6.54 Å². The number of hydrogen-bond donors (Lipinski definition) is 1. The summed E-state index contributed by atoms with van der Waals surface area (Å²) in [4.78, 5) is 21.4. The second-order valence-corrected chi connectivity index (χ2v) is 2.34. The summed E-state index contributed by atoms with van der Waals surface area (Å²) in [5.74, 6) is -1.07. The van der Waals surface area contributed by atoms with Gasteiger partial charge in [-0.05, 0) is 6.92 Å². The van der Waals surface area contributed by atoms with Crippen molar-refractivity contribution in [1.82, 2.24) is 4.57 Å². The average molecular weight is 167 g/mol. The van der Waals surface area contributed by atoms with E-state index < -0.39 is 5.97 Å². The van der Waals surface area contributed by atoms with E-state index in [2.05, 4.69) is 0 Å². The molecule has 0 fully saturated rings. The van der Waals surface area contributed by atoms with E-state index in [0.29, 0.717) is 6.54 Å². The predicted octanol–water partition coefficient (Wildman–Crippen LogP) is 0.566. The third kappa shape index (κ3) is 1.53. The fourth-order valence-corrected chi connectivity index (χ4v) is 0.970. The summed E-state index contributed by atoms with van der Waals surface area (Å²) in [6, 6.07) is 2.46. The molecule has 1 rings (SSSR count). The molecule has 0 aromatic carbocycles. The van der Waals surface area contributed by atoms with Crippen LogP contribution < -0.4 is 5.43 Å². The molecule has 1 N–H and O–H groups in total. The Balaban J connectivity index is 3.31. The van der Waals surface area contributed by atoms with Crippen LogP contribution in [0.25, 0.3) is 0 Å². The van der Waals surface area contributed by atoms with Gasteiger partial charge in [-0.1, -0.05) is 0 Å². The van der Waals surface area contributed by atoms with Crippen LogP contribution in [0.3, 0.4) is 0 Å². The van der Waals surface area contributed by atoms with Crippen LogP contribution >= 0.6 is 0 Å². The molecule has 0 saturated heterocycles. The Morgan fingerprint density at radius 2 is 2.33 bits per heavy atom. The van der Waals surface area contributed by atoms with E-state index in [4.69, 9.17) is 5.11 Å². The van der Waals surface area contributed by atoms with E-state index >= 15 is 0 Å². The smallest absolute Gasteiger partial charge is 0.352 e. The van der Waals surface area contributed by atoms with E-state index in [0.717, 1.165) is 6.07 Å². The normalized spacial score (nSPS) is 9.75. The molecule has 0 bridgehead atoms. The van der Waals surface area contributed by atoms with Crippen molar-refractivity contribution >= 4 is 5.97 Å². The summed E-state index contributed by atoms with van der Waals surface area (Å²) < 4.78 is 1.50. The Hall–Kier alpha value is -1.58. The lowest BCUT2D eigenvalue weighted by atomic mass is 10.3. The lowest BCUT2D eigenvalue weighted by molar-refractivity contribution is 0.0684. The molecular formula is C8H9NO3. The maximum absolute atomic E-state index is 10.8. The number of rotatable bonds is 2. The minimum Gasteiger partial charge on any atom is -0.477 e. The first kappa shape index (κ1) is 8.52. The van der Waals surface area contributed by atoms with Crippen LogP contribution in [0, 0.1) is 0 Å². The zero-order valence-corrected chi connectivity index (χ0v) is 6.65. The first-order chi connectivity index (χ1) is 5.65. The first-order valence-electron chi connectivity index (χ1n) is 3.59. The molecule has 4 nitrogen and oxygen atoms in total. The summed E-state index contributed by atoms with van der Waals surface area (Å²) in [6.07, 6.45) is 1.48. The van der Waals surface area contributed by atoms with Crippen molar-refractivity contribution < 1.29 is 9.90 Å². The van der Waals surface area contributed by atoms with Gasteiger partial charge in [0.25, 0.3) is 0 Å². The van der Waals surface area contributed by atoms with Gasteiger partial charge in [-0.15, -0.1) is 0 Å². The lowest BCUT2D eigenvalue weighted by Gasteiger charge is -2.05. The summed E-state index contributed by atoms with van der Waals surface area (Å²) in [7, 11) is 0. The number of carbonyl (C=O) groups is 1. The molecule has 0 amide bonds. The second kappa shape index (κ2) is 3.21. The van der Waals surface area contributed by atoms with Gasteiger partial charge in [0.1, 0.15) is 5.69 Å². The third-order valence-corrected chi connectivity index (χ3v) is 1.57. The SMILES string of the molecule is CCn1ccc(=O)cc1C(=O)O. The zero-order chi connectivity index (χ0) is 9.14. The fraction of sp³-hybridized carbons (Fsp3) is 0.250. The van der Waals surface area contributed by atoms with Gasteiger partial charge in [0.05, 0.1) is 0 Å². The van der Waals surface area contributed by atoms with Crippen LogP contribution in [0.1, 0.15) is 17.4 Å². The van der Waals surface area contributed by atoms with Gasteiger partial charge in [0, 0.05) is 24.9 Å². The Morgan fingerprint density at radius 3 is 2.83 bits per heavy atom. The third-order valence-electron chi connectivity index (χ3n) is 1.57. The molecule has 1 heterocycles. The Morgan fingerprint density at radius 1 is 1.67 bits per heavy atom. The lowest BCUT2D eigenvalue weighted by Crippen LogP contribution is -2.14. The minimum atomic E-state index is -1.07. The maximum atomic E-state index is 10.8. The number of carboxylic acids is 1. The Labute approximate surface area is 69.1 Å². The molecule has 0 unspecified atom stereocenters. The molecule has 0 saturated carbocycles. The number of aromatic carboxylic acids is 1. The van der Waals surface area contributed by atoms with Crippen molar-refractivity contribution in [2.45, 2.75) is 13.5 Å². The highest BCUT2D eigenvalue weighted by atomic mass is 16.4. The number of carboxylic acid groups (broad SMARTS) is 1. The van der Waals surface area contributed by atoms with Crippen LogP contribution in [0.15, 0.2) is 23.1 Å². The van der Waals surface area contributed by atoms with Crippen LogP contribution in [0.5, 0.6) is 0 Å². The molecule has 0 aliphatic rings. The largest absolute Gasteiger partial charge is 0.477 e. The van der Waals surface area contributed by atoms with Crippen LogP contribution in [0.4, 0.5) is 0 Å². The van der Waals surface area contributed by atoms with Gasteiger partial charge in [-0.25, -0.2) is 4.79 Å². The molecular weight excluding hydrogens is 158 g/mol. The van der Waals surface area contributed by atoms with E-state index in [1.165, 1.54) is 16.8 Å². The van der Waals surface area contributed by atoms with Crippen molar-refractivity contribution in [2.24, 2.45) is 0 Å². The molecule has 1 aromatic rings. The molecule has 1 aromatic heterocycles. The van der Waals surface area contributed by atoms with Gasteiger partial charge in [0.2, 0.25) is 0 Å². The van der Waals surface area contributed by atoms with Crippen molar-refractivity contribution in [3.8, 4) is 0 Å². The highest BCUT2D eigenvalue weighted by Crippen LogP contribution is 1.95. The zero-order valence-electron chi connectivity index (χ0n) is 6.65. The van der Waals surface area contributed by atoms with Crippen LogP contribution in [-0.4, -0.2) is 15.6 Å². The van der Waals surface area contributed by atoms with Gasteiger partial charge < -0.3 is 9.67 Å². The molecule has 64 valence electrons. The monoisotopic (exact) mass is 167 g/mol. The van der Waals surface area contributed by atoms with E-state index in [9.17, 15) is 9.59 Å². The van der Waals surface area contributed by atoms with Crippen molar-refractivity contribution in [2.75, 3.05) is 0 Å². The van der Waals surface area contributed by atoms with E-state index in [-0.39, 0.29) is 11.1 Å². The summed E-state index contributed by atoms with van der Waals surface area (Å²) in [6.45, 7) is 2.36. The number of nitrogens with zero attached hydrogens (tertiary/aromatic N) is 1. The first-order valence-corrected chi connectivity index (χ1v) is 3.59. The quantitative estimate of drug-likeness (QED) is 0.700. The minimum absolute atomic E-state index is 0.0324. The molecule has 0 aliphatic heterocycles. The number of pyridine rings is 1. The average Bonchev–Trinajstić information content (AvgIpc) is 2.04. The van der Waals surface area contributed by atoms with Gasteiger partial charge in [0.15, 0.2) is 5.43 Å². The van der Waals surface area contributed by atoms with Gasteiger partial charge in [-0.2, -0.15) is 0 Å². The summed E-state index contributed by atoms with van der Waals surface area (Å²) in [5, 5.41) is 8.66. The molecule has 4 heteroatoms. The molecule has 0 atom stereocenters. The maximum Gasteiger partial charge on any atom is 0.352 e. The van der Waals surface area contributed by atoms with Gasteiger partial charge >= 0.3 is 5.97 Å². The molecule has 0 aliphatic carbocycles. The topological polar surface area (TPSA) is 59.3 Å². The molecule has 0 radical (unpaired) electrons. The Bertz CT molecular complexity index is 354. The van der Waals surface area contributed by atoms with Crippen molar-refractivity contribution in [3.05, 3.63) is 34.2 Å². The van der Waals surface area contributed by atoms with Gasteiger partial charge in [-0.3, -0.25) is 4.79 Å². The fourth-order valence-electron chi connectivity index (χ4n) is 0.970. The number of aromatic nitrogens is 1. The number of aryl methyl sites for hydroxylation is 1. The van der Waals surface area contributed by atoms with E-state index in [1.54, 1.807) is 0 Å². The van der Waals surface area contributed by atoms with Crippen LogP contribution in [0.2, 0.25) is 0 Å². The standard InChI is InChI=1S/C8H9NO3/c1-2-9-4-3-6(10)5-7(9)8(11)12/h3-5H,2H2,1H3,(H,11,12). The Kier molecular flexibility index (Phi) is 2.28. The summed E-state index contributed by atoms with van der Waals surface area (Å²) >= 11 is 0.